The number of carbonyl (C=O) groups excluding carboxylic acids is 1. The number of hydrogen-bond acceptors (Lipinski definition) is 3. The lowest BCUT2D eigenvalue weighted by molar-refractivity contribution is 0.0528. The van der Waals surface area contributed by atoms with E-state index in [9.17, 15) is 4.79 Å². The van der Waals surface area contributed by atoms with Crippen molar-refractivity contribution in [1.82, 2.24) is 14.9 Å². The van der Waals surface area contributed by atoms with Gasteiger partial charge >= 0.3 is 6.09 Å². The number of alkyl carbamates (subject to hydrolysis) is 1. The van der Waals surface area contributed by atoms with Crippen LogP contribution in [-0.2, 0) is 11.2 Å². The quantitative estimate of drug-likeness (QED) is 0.872. The van der Waals surface area contributed by atoms with E-state index >= 15 is 0 Å². The van der Waals surface area contributed by atoms with E-state index in [2.05, 4.69) is 26.2 Å². The molecule has 0 radical (unpaired) electrons. The molecule has 1 amide bonds. The Morgan fingerprint density at radius 2 is 2.13 bits per heavy atom. The van der Waals surface area contributed by atoms with Crippen molar-refractivity contribution in [3.63, 3.8) is 0 Å². The van der Waals surface area contributed by atoms with Crippen molar-refractivity contribution in [1.29, 1.82) is 0 Å². The monoisotopic (exact) mass is 379 g/mol. The van der Waals surface area contributed by atoms with Crippen LogP contribution in [0.25, 0.3) is 5.69 Å². The van der Waals surface area contributed by atoms with Gasteiger partial charge in [0.15, 0.2) is 0 Å². The Kier molecular flexibility index (Phi) is 5.46. The highest BCUT2D eigenvalue weighted by Gasteiger charge is 2.16. The lowest BCUT2D eigenvalue weighted by Crippen LogP contribution is -2.33. The van der Waals surface area contributed by atoms with Crippen molar-refractivity contribution in [2.24, 2.45) is 0 Å². The molecular weight excluding hydrogens is 358 g/mol. The number of halogens is 1. The van der Waals surface area contributed by atoms with Crippen LogP contribution in [-0.4, -0.2) is 27.8 Å². The molecule has 0 atom stereocenters. The highest BCUT2D eigenvalue weighted by atomic mass is 79.9. The van der Waals surface area contributed by atoms with Gasteiger partial charge in [-0.25, -0.2) is 9.78 Å². The Labute approximate surface area is 145 Å². The molecule has 0 saturated carbocycles. The molecule has 0 aliphatic heterocycles. The Morgan fingerprint density at radius 3 is 2.83 bits per heavy atom. The zero-order chi connectivity index (χ0) is 17.0. The highest BCUT2D eigenvalue weighted by Crippen LogP contribution is 2.25. The normalized spacial score (nSPS) is 11.3. The van der Waals surface area contributed by atoms with Crippen LogP contribution < -0.4 is 5.32 Å². The zero-order valence-electron chi connectivity index (χ0n) is 13.9. The Morgan fingerprint density at radius 1 is 1.39 bits per heavy atom. The molecule has 23 heavy (non-hydrogen) atoms. The van der Waals surface area contributed by atoms with E-state index in [1.165, 1.54) is 0 Å². The van der Waals surface area contributed by atoms with Gasteiger partial charge in [0.25, 0.3) is 0 Å². The predicted octanol–water partition coefficient (Wildman–Crippen LogP) is 4.01. The number of aryl methyl sites for hydroxylation is 1. The summed E-state index contributed by atoms with van der Waals surface area (Å²) in [6.45, 7) is 8.07. The summed E-state index contributed by atoms with van der Waals surface area (Å²) in [5.41, 5.74) is 2.73. The highest BCUT2D eigenvalue weighted by molar-refractivity contribution is 9.10. The molecule has 0 aliphatic carbocycles. The van der Waals surface area contributed by atoms with Gasteiger partial charge in [0, 0.05) is 29.3 Å². The largest absolute Gasteiger partial charge is 0.444 e. The van der Waals surface area contributed by atoms with E-state index in [1.54, 1.807) is 6.33 Å². The average molecular weight is 380 g/mol. The number of ether oxygens (including phenoxy) is 1. The maximum atomic E-state index is 11.7. The van der Waals surface area contributed by atoms with Gasteiger partial charge < -0.3 is 14.6 Å². The van der Waals surface area contributed by atoms with Crippen LogP contribution in [0.2, 0.25) is 0 Å². The Hall–Kier alpha value is -1.82. The fourth-order valence-electron chi connectivity index (χ4n) is 2.15. The van der Waals surface area contributed by atoms with E-state index in [4.69, 9.17) is 4.74 Å². The van der Waals surface area contributed by atoms with Crippen LogP contribution in [0.5, 0.6) is 0 Å². The summed E-state index contributed by atoms with van der Waals surface area (Å²) in [5, 5.41) is 2.77. The molecule has 1 aromatic heterocycles. The van der Waals surface area contributed by atoms with Gasteiger partial charge in [-0.15, -0.1) is 0 Å². The molecule has 1 aromatic carbocycles. The Bertz CT molecular complexity index is 689. The summed E-state index contributed by atoms with van der Waals surface area (Å²) in [4.78, 5) is 15.9. The van der Waals surface area contributed by atoms with E-state index in [-0.39, 0.29) is 0 Å². The first-order chi connectivity index (χ1) is 10.8. The number of imidazole rings is 1. The second kappa shape index (κ2) is 7.17. The fraction of sp³-hybridized carbons (Fsp3) is 0.412. The summed E-state index contributed by atoms with van der Waals surface area (Å²) in [5.74, 6) is 0. The first-order valence-corrected chi connectivity index (χ1v) is 8.31. The van der Waals surface area contributed by atoms with Gasteiger partial charge in [0.2, 0.25) is 0 Å². The van der Waals surface area contributed by atoms with Crippen molar-refractivity contribution in [3.8, 4) is 5.69 Å². The third kappa shape index (κ3) is 4.82. The number of nitrogens with one attached hydrogen (secondary N) is 1. The Balaban J connectivity index is 2.02. The molecule has 0 aliphatic rings. The molecular formula is C17H22BrN3O2. The summed E-state index contributed by atoms with van der Waals surface area (Å²) in [6.07, 6.45) is 3.85. The minimum absolute atomic E-state index is 0.402. The van der Waals surface area contributed by atoms with Crippen molar-refractivity contribution in [2.45, 2.75) is 39.7 Å². The second-order valence-corrected chi connectivity index (χ2v) is 7.13. The van der Waals surface area contributed by atoms with Crippen LogP contribution >= 0.6 is 15.9 Å². The molecule has 0 saturated heterocycles. The van der Waals surface area contributed by atoms with Crippen molar-refractivity contribution in [3.05, 3.63) is 46.5 Å². The number of nitrogens with zero attached hydrogens (tertiary/aromatic N) is 2. The molecule has 0 spiro atoms. The lowest BCUT2D eigenvalue weighted by atomic mass is 10.2. The van der Waals surface area contributed by atoms with Gasteiger partial charge in [-0.3, -0.25) is 0 Å². The molecule has 6 heteroatoms. The van der Waals surface area contributed by atoms with Crippen molar-refractivity contribution in [2.75, 3.05) is 6.54 Å². The van der Waals surface area contributed by atoms with Gasteiger partial charge in [-0.05, 0) is 55.3 Å². The topological polar surface area (TPSA) is 56.2 Å². The smallest absolute Gasteiger partial charge is 0.407 e. The standard InChI is InChI=1S/C17H22BrN3O2/c1-12-6-5-7-14(15(12)18)21-11-19-10-13(21)8-9-20-16(22)23-17(2,3)4/h5-7,10-11H,8-9H2,1-4H3,(H,20,22). The first kappa shape index (κ1) is 17.5. The van der Waals surface area contributed by atoms with E-state index < -0.39 is 11.7 Å². The molecule has 2 rings (SSSR count). The number of rotatable bonds is 4. The minimum atomic E-state index is -0.488. The van der Waals surface area contributed by atoms with Crippen LogP contribution in [0, 0.1) is 6.92 Å². The van der Waals surface area contributed by atoms with Gasteiger partial charge in [-0.2, -0.15) is 0 Å². The zero-order valence-corrected chi connectivity index (χ0v) is 15.5. The summed E-state index contributed by atoms with van der Waals surface area (Å²) in [7, 11) is 0. The van der Waals surface area contributed by atoms with Crippen LogP contribution in [0.1, 0.15) is 32.0 Å². The molecule has 5 nitrogen and oxygen atoms in total. The average Bonchev–Trinajstić information content (AvgIpc) is 2.88. The SMILES string of the molecule is Cc1cccc(-n2cncc2CCNC(=O)OC(C)(C)C)c1Br. The first-order valence-electron chi connectivity index (χ1n) is 7.51. The molecule has 0 unspecified atom stereocenters. The summed E-state index contributed by atoms with van der Waals surface area (Å²) in [6, 6.07) is 6.09. The van der Waals surface area contributed by atoms with Crippen LogP contribution in [0.4, 0.5) is 4.79 Å². The molecule has 0 bridgehead atoms. The van der Waals surface area contributed by atoms with Crippen molar-refractivity contribution >= 4 is 22.0 Å². The third-order valence-electron chi connectivity index (χ3n) is 3.20. The molecule has 0 fully saturated rings. The molecule has 2 aromatic rings. The maximum absolute atomic E-state index is 11.7. The van der Waals surface area contributed by atoms with Gasteiger partial charge in [0.1, 0.15) is 5.60 Å². The number of hydrogen-bond donors (Lipinski definition) is 1. The number of benzene rings is 1. The molecule has 124 valence electrons. The fourth-order valence-corrected chi connectivity index (χ4v) is 2.60. The van der Waals surface area contributed by atoms with E-state index in [0.717, 1.165) is 21.4 Å². The number of aromatic nitrogens is 2. The van der Waals surface area contributed by atoms with E-state index in [0.29, 0.717) is 13.0 Å². The van der Waals surface area contributed by atoms with Crippen LogP contribution in [0.15, 0.2) is 35.2 Å². The summed E-state index contributed by atoms with van der Waals surface area (Å²) >= 11 is 3.62. The third-order valence-corrected chi connectivity index (χ3v) is 4.23. The minimum Gasteiger partial charge on any atom is -0.444 e. The van der Waals surface area contributed by atoms with Crippen molar-refractivity contribution < 1.29 is 9.53 Å². The lowest BCUT2D eigenvalue weighted by Gasteiger charge is -2.19. The number of amides is 1. The molecule has 1 N–H and O–H groups in total. The van der Waals surface area contributed by atoms with Gasteiger partial charge in [-0.1, -0.05) is 12.1 Å². The number of carbonyl (C=O) groups is 1. The predicted molar refractivity (Wildman–Crippen MR) is 93.9 cm³/mol. The summed E-state index contributed by atoms with van der Waals surface area (Å²) < 4.78 is 8.29. The molecule has 1 heterocycles. The maximum Gasteiger partial charge on any atom is 0.407 e. The van der Waals surface area contributed by atoms with Gasteiger partial charge in [0.05, 0.1) is 12.0 Å². The van der Waals surface area contributed by atoms with E-state index in [1.807, 2.05) is 56.7 Å². The van der Waals surface area contributed by atoms with Crippen LogP contribution in [0.3, 0.4) is 0 Å². The second-order valence-electron chi connectivity index (χ2n) is 6.34.